The topological polar surface area (TPSA) is 53.3 Å². The van der Waals surface area contributed by atoms with Crippen LogP contribution >= 0.6 is 0 Å². The van der Waals surface area contributed by atoms with Crippen molar-refractivity contribution < 1.29 is 9.53 Å². The maximum absolute atomic E-state index is 13.2. The van der Waals surface area contributed by atoms with Gasteiger partial charge in [-0.25, -0.2) is 9.79 Å². The van der Waals surface area contributed by atoms with Crippen molar-refractivity contribution in [3.05, 3.63) is 59.3 Å². The van der Waals surface area contributed by atoms with E-state index < -0.39 is 0 Å². The minimum atomic E-state index is -0.206. The van der Waals surface area contributed by atoms with Gasteiger partial charge in [-0.2, -0.15) is 0 Å². The van der Waals surface area contributed by atoms with Gasteiger partial charge in [-0.1, -0.05) is 42.8 Å². The average Bonchev–Trinajstić information content (AvgIpc) is 3.50. The lowest BCUT2D eigenvalue weighted by Crippen LogP contribution is -2.43. The van der Waals surface area contributed by atoms with Gasteiger partial charge in [0.15, 0.2) is 0 Å². The van der Waals surface area contributed by atoms with Crippen molar-refractivity contribution in [2.24, 2.45) is 18.0 Å². The predicted octanol–water partition coefficient (Wildman–Crippen LogP) is 5.47. The zero-order valence-electron chi connectivity index (χ0n) is 22.9. The van der Waals surface area contributed by atoms with Crippen LogP contribution in [0.4, 0.5) is 10.6 Å². The lowest BCUT2D eigenvalue weighted by atomic mass is 10.1. The lowest BCUT2D eigenvalue weighted by molar-refractivity contribution is 0.0842. The molecule has 2 aromatic rings. The Kier molecular flexibility index (Phi) is 9.45. The maximum Gasteiger partial charge on any atom is 0.410 e. The summed E-state index contributed by atoms with van der Waals surface area (Å²) in [5, 5.41) is 0. The first-order valence-electron chi connectivity index (χ1n) is 13.7. The van der Waals surface area contributed by atoms with Crippen LogP contribution in [0.5, 0.6) is 0 Å². The zero-order valence-corrected chi connectivity index (χ0v) is 22.9. The lowest BCUT2D eigenvalue weighted by Gasteiger charge is -2.31. The number of rotatable bonds is 10. The number of likely N-dealkylation sites (tertiary alicyclic amines) is 2. The summed E-state index contributed by atoms with van der Waals surface area (Å²) >= 11 is 0. The van der Waals surface area contributed by atoms with E-state index in [-0.39, 0.29) is 6.09 Å². The molecule has 7 nitrogen and oxygen atoms in total. The number of hydrogen-bond acceptors (Lipinski definition) is 5. The van der Waals surface area contributed by atoms with Crippen LogP contribution in [0.25, 0.3) is 5.70 Å². The van der Waals surface area contributed by atoms with E-state index in [1.807, 2.05) is 42.3 Å². The quantitative estimate of drug-likeness (QED) is 0.402. The monoisotopic (exact) mass is 505 g/mol. The van der Waals surface area contributed by atoms with E-state index in [9.17, 15) is 4.79 Å². The molecule has 0 spiro atoms. The van der Waals surface area contributed by atoms with Crippen molar-refractivity contribution in [2.45, 2.75) is 46.1 Å². The molecule has 1 unspecified atom stereocenters. The number of aliphatic imine (C=N–C) groups is 1. The van der Waals surface area contributed by atoms with Crippen molar-refractivity contribution in [1.82, 2.24) is 19.3 Å². The molecule has 200 valence electrons. The van der Waals surface area contributed by atoms with E-state index in [1.165, 1.54) is 25.0 Å². The van der Waals surface area contributed by atoms with Gasteiger partial charge in [-0.15, -0.1) is 0 Å². The van der Waals surface area contributed by atoms with Crippen molar-refractivity contribution in [3.63, 3.8) is 0 Å². The van der Waals surface area contributed by atoms with Gasteiger partial charge in [0, 0.05) is 56.7 Å². The molecule has 0 aliphatic carbocycles. The number of piperidine rings is 1. The highest BCUT2D eigenvalue weighted by molar-refractivity contribution is 5.74. The number of nitrogens with zero attached hydrogens (tertiary/aromatic N) is 5. The third kappa shape index (κ3) is 6.83. The highest BCUT2D eigenvalue weighted by atomic mass is 16.6. The SMILES string of the molecule is C=Nc1c(/C(=C\C)N2CCC(CN(CCN3CCCCC3)C(=O)OCc3ccccc3)C2)cc(C)n1C. The second-order valence-electron chi connectivity index (χ2n) is 10.4. The van der Waals surface area contributed by atoms with Gasteiger partial charge in [-0.3, -0.25) is 0 Å². The molecule has 4 rings (SSSR count). The Labute approximate surface area is 222 Å². The minimum Gasteiger partial charge on any atom is -0.445 e. The number of benzene rings is 1. The van der Waals surface area contributed by atoms with Crippen molar-refractivity contribution in [1.29, 1.82) is 0 Å². The van der Waals surface area contributed by atoms with Gasteiger partial charge in [0.2, 0.25) is 0 Å². The van der Waals surface area contributed by atoms with E-state index in [2.05, 4.69) is 52.1 Å². The van der Waals surface area contributed by atoms with Crippen LogP contribution in [-0.4, -0.2) is 77.9 Å². The van der Waals surface area contributed by atoms with Crippen LogP contribution in [0.2, 0.25) is 0 Å². The van der Waals surface area contributed by atoms with Crippen LogP contribution in [0.1, 0.15) is 49.4 Å². The molecule has 0 bridgehead atoms. The summed E-state index contributed by atoms with van der Waals surface area (Å²) in [5.41, 5.74) is 4.50. The highest BCUT2D eigenvalue weighted by Crippen LogP contribution is 2.34. The molecule has 3 heterocycles. The van der Waals surface area contributed by atoms with E-state index in [0.717, 1.165) is 68.3 Å². The molecule has 1 aromatic heterocycles. The number of aromatic nitrogens is 1. The second kappa shape index (κ2) is 13.0. The first-order valence-corrected chi connectivity index (χ1v) is 13.7. The molecule has 2 aliphatic heterocycles. The fourth-order valence-corrected chi connectivity index (χ4v) is 5.63. The van der Waals surface area contributed by atoms with Crippen molar-refractivity contribution >= 4 is 24.3 Å². The van der Waals surface area contributed by atoms with E-state index >= 15 is 0 Å². The molecule has 0 saturated carbocycles. The molecule has 2 fully saturated rings. The van der Waals surface area contributed by atoms with Crippen LogP contribution in [0.15, 0.2) is 47.5 Å². The van der Waals surface area contributed by atoms with Gasteiger partial charge in [0.25, 0.3) is 0 Å². The predicted molar refractivity (Wildman–Crippen MR) is 151 cm³/mol. The Hall–Kier alpha value is -3.06. The van der Waals surface area contributed by atoms with Crippen molar-refractivity contribution in [2.75, 3.05) is 45.8 Å². The molecule has 37 heavy (non-hydrogen) atoms. The second-order valence-corrected chi connectivity index (χ2v) is 10.4. The third-order valence-electron chi connectivity index (χ3n) is 7.84. The van der Waals surface area contributed by atoms with Gasteiger partial charge in [-0.05, 0) is 70.5 Å². The zero-order chi connectivity index (χ0) is 26.2. The molecule has 0 N–H and O–H groups in total. The molecule has 7 heteroatoms. The van der Waals surface area contributed by atoms with Crippen molar-refractivity contribution in [3.8, 4) is 0 Å². The summed E-state index contributed by atoms with van der Waals surface area (Å²) in [5.74, 6) is 1.30. The number of aryl methyl sites for hydroxylation is 1. The van der Waals surface area contributed by atoms with E-state index in [0.29, 0.717) is 19.1 Å². The number of hydrogen-bond donors (Lipinski definition) is 0. The number of amides is 1. The first kappa shape index (κ1) is 27.0. The fraction of sp³-hybridized carbons (Fsp3) is 0.533. The molecular weight excluding hydrogens is 462 g/mol. The Morgan fingerprint density at radius 2 is 1.95 bits per heavy atom. The molecule has 1 atom stereocenters. The standard InChI is InChI=1S/C30H43N5O2/c1-5-28(27-20-24(2)32(4)29(27)31-3)34-17-14-26(21-34)22-35(19-18-33-15-10-7-11-16-33)30(36)37-23-25-12-8-6-9-13-25/h5-6,8-9,12-13,20,26H,3,7,10-11,14-19,21-23H2,1-2,4H3/b28-5+. The summed E-state index contributed by atoms with van der Waals surface area (Å²) in [6, 6.07) is 12.1. The Morgan fingerprint density at radius 3 is 2.65 bits per heavy atom. The Balaban J connectivity index is 1.40. The summed E-state index contributed by atoms with van der Waals surface area (Å²) in [4.78, 5) is 24.4. The first-order chi connectivity index (χ1) is 18.0. The van der Waals surface area contributed by atoms with Crippen LogP contribution in [-0.2, 0) is 18.4 Å². The minimum absolute atomic E-state index is 0.206. The molecular formula is C30H43N5O2. The van der Waals surface area contributed by atoms with Gasteiger partial charge >= 0.3 is 6.09 Å². The summed E-state index contributed by atoms with van der Waals surface area (Å²) < 4.78 is 7.86. The van der Waals surface area contributed by atoms with E-state index in [1.54, 1.807) is 0 Å². The Bertz CT molecular complexity index is 1070. The largest absolute Gasteiger partial charge is 0.445 e. The van der Waals surface area contributed by atoms with Crippen LogP contribution < -0.4 is 0 Å². The normalized spacial score (nSPS) is 18.7. The number of carbonyl (C=O) groups excluding carboxylic acids is 1. The summed E-state index contributed by atoms with van der Waals surface area (Å²) in [6.07, 6.45) is 6.84. The molecule has 2 saturated heterocycles. The number of allylic oxidation sites excluding steroid dienone is 1. The molecule has 1 amide bonds. The number of carbonyl (C=O) groups is 1. The summed E-state index contributed by atoms with van der Waals surface area (Å²) in [6.45, 7) is 14.8. The van der Waals surface area contributed by atoms with E-state index in [4.69, 9.17) is 4.74 Å². The third-order valence-corrected chi connectivity index (χ3v) is 7.84. The van der Waals surface area contributed by atoms with Gasteiger partial charge in [0.1, 0.15) is 12.4 Å². The Morgan fingerprint density at radius 1 is 1.19 bits per heavy atom. The smallest absolute Gasteiger partial charge is 0.410 e. The fourth-order valence-electron chi connectivity index (χ4n) is 5.63. The highest BCUT2D eigenvalue weighted by Gasteiger charge is 2.30. The maximum atomic E-state index is 13.2. The van der Waals surface area contributed by atoms with Crippen LogP contribution in [0.3, 0.4) is 0 Å². The van der Waals surface area contributed by atoms with Gasteiger partial charge < -0.3 is 24.0 Å². The van der Waals surface area contributed by atoms with Gasteiger partial charge in [0.05, 0.1) is 0 Å². The van der Waals surface area contributed by atoms with Crippen LogP contribution in [0, 0.1) is 12.8 Å². The average molecular weight is 506 g/mol. The summed E-state index contributed by atoms with van der Waals surface area (Å²) in [7, 11) is 2.03. The number of ether oxygens (including phenoxy) is 1. The molecule has 0 radical (unpaired) electrons. The molecule has 1 aromatic carbocycles. The molecule has 2 aliphatic rings.